The SMILES string of the molecule is CC(C)CCC(B1OC(C)(C)C(C)(C)O1)C(N)CC1CCCCC1.O=C(O)C(F)(F)F. The summed E-state index contributed by atoms with van der Waals surface area (Å²) in [6.45, 7) is 13.1. The summed E-state index contributed by atoms with van der Waals surface area (Å²) < 4.78 is 44.5. The van der Waals surface area contributed by atoms with Crippen molar-refractivity contribution in [2.24, 2.45) is 17.6 Å². The van der Waals surface area contributed by atoms with Gasteiger partial charge in [-0.05, 0) is 46.0 Å². The maximum atomic E-state index is 10.6. The second-order valence-electron chi connectivity index (χ2n) is 10.5. The fourth-order valence-electron chi connectivity index (χ4n) is 4.12. The van der Waals surface area contributed by atoms with Crippen molar-refractivity contribution >= 4 is 13.1 Å². The summed E-state index contributed by atoms with van der Waals surface area (Å²) >= 11 is 0. The van der Waals surface area contributed by atoms with Crippen LogP contribution in [0, 0.1) is 11.8 Å². The third kappa shape index (κ3) is 8.93. The van der Waals surface area contributed by atoms with Gasteiger partial charge in [-0.1, -0.05) is 58.8 Å². The molecule has 1 aliphatic heterocycles. The number of rotatable bonds is 7. The first kappa shape index (κ1) is 28.2. The molecule has 0 radical (unpaired) electrons. The molecule has 0 amide bonds. The molecule has 182 valence electrons. The van der Waals surface area contributed by atoms with Gasteiger partial charge >= 0.3 is 19.3 Å². The van der Waals surface area contributed by atoms with Crippen LogP contribution in [0.15, 0.2) is 0 Å². The highest BCUT2D eigenvalue weighted by Crippen LogP contribution is 2.43. The number of alkyl halides is 3. The zero-order chi connectivity index (χ0) is 24.0. The second kappa shape index (κ2) is 11.4. The maximum Gasteiger partial charge on any atom is 0.490 e. The number of carbonyl (C=O) groups is 1. The third-order valence-electron chi connectivity index (χ3n) is 6.82. The molecule has 2 fully saturated rings. The van der Waals surface area contributed by atoms with Crippen molar-refractivity contribution in [2.45, 2.75) is 122 Å². The molecule has 2 unspecified atom stereocenters. The first-order valence-corrected chi connectivity index (χ1v) is 11.5. The second-order valence-corrected chi connectivity index (χ2v) is 10.5. The van der Waals surface area contributed by atoms with Crippen LogP contribution in [0.3, 0.4) is 0 Å². The van der Waals surface area contributed by atoms with E-state index in [1.807, 2.05) is 0 Å². The molecule has 1 saturated carbocycles. The molecule has 0 spiro atoms. The zero-order valence-corrected chi connectivity index (χ0v) is 19.9. The van der Waals surface area contributed by atoms with Crippen molar-refractivity contribution in [1.82, 2.24) is 0 Å². The number of hydrogen-bond acceptors (Lipinski definition) is 4. The maximum absolute atomic E-state index is 10.6. The number of aliphatic carboxylic acids is 1. The van der Waals surface area contributed by atoms with Gasteiger partial charge in [-0.25, -0.2) is 4.79 Å². The van der Waals surface area contributed by atoms with Crippen LogP contribution >= 0.6 is 0 Å². The molecular weight excluding hydrogens is 410 g/mol. The normalized spacial score (nSPS) is 23.3. The van der Waals surface area contributed by atoms with Crippen molar-refractivity contribution < 1.29 is 32.4 Å². The first-order chi connectivity index (χ1) is 14.1. The van der Waals surface area contributed by atoms with E-state index in [1.54, 1.807) is 0 Å². The van der Waals surface area contributed by atoms with Gasteiger partial charge < -0.3 is 20.1 Å². The fourth-order valence-corrected chi connectivity index (χ4v) is 4.12. The highest BCUT2D eigenvalue weighted by molar-refractivity contribution is 6.47. The van der Waals surface area contributed by atoms with E-state index in [-0.39, 0.29) is 24.4 Å². The van der Waals surface area contributed by atoms with Gasteiger partial charge in [-0.2, -0.15) is 13.2 Å². The van der Waals surface area contributed by atoms with Gasteiger partial charge in [0.05, 0.1) is 11.2 Å². The lowest BCUT2D eigenvalue weighted by atomic mass is 9.63. The molecule has 5 nitrogen and oxygen atoms in total. The summed E-state index contributed by atoms with van der Waals surface area (Å²) in [5.74, 6) is -0.961. The van der Waals surface area contributed by atoms with Crippen molar-refractivity contribution in [1.29, 1.82) is 0 Å². The van der Waals surface area contributed by atoms with Gasteiger partial charge in [0.15, 0.2) is 0 Å². The van der Waals surface area contributed by atoms with E-state index in [4.69, 9.17) is 24.9 Å². The van der Waals surface area contributed by atoms with Gasteiger partial charge in [-0.15, -0.1) is 0 Å². The van der Waals surface area contributed by atoms with Crippen molar-refractivity contribution in [3.8, 4) is 0 Å². The van der Waals surface area contributed by atoms with Gasteiger partial charge in [0.25, 0.3) is 0 Å². The number of nitrogens with two attached hydrogens (primary N) is 1. The lowest BCUT2D eigenvalue weighted by molar-refractivity contribution is -0.192. The van der Waals surface area contributed by atoms with Crippen molar-refractivity contribution in [3.63, 3.8) is 0 Å². The standard InChI is InChI=1S/C20H40BNO2.C2HF3O2/c1-15(2)12-13-17(18(22)14-16-10-8-7-9-11-16)21-23-19(3,4)20(5,6)24-21;3-2(4,5)1(6)7/h15-18H,7-14,22H2,1-6H3;(H,6,7). The average molecular weight is 451 g/mol. The Bertz CT molecular complexity index is 547. The van der Waals surface area contributed by atoms with Gasteiger partial charge in [0.1, 0.15) is 0 Å². The van der Waals surface area contributed by atoms with Crippen LogP contribution in [0.1, 0.15) is 92.9 Å². The van der Waals surface area contributed by atoms with Crippen LogP contribution < -0.4 is 5.73 Å². The zero-order valence-electron chi connectivity index (χ0n) is 19.9. The number of halogens is 3. The Hall–Kier alpha value is -0.795. The van der Waals surface area contributed by atoms with Crippen LogP contribution in [-0.4, -0.2) is 41.6 Å². The molecule has 1 saturated heterocycles. The summed E-state index contributed by atoms with van der Waals surface area (Å²) in [5.41, 5.74) is 6.20. The van der Waals surface area contributed by atoms with Gasteiger partial charge in [-0.3, -0.25) is 0 Å². The molecule has 0 aromatic carbocycles. The Morgan fingerprint density at radius 1 is 1.06 bits per heavy atom. The van der Waals surface area contributed by atoms with E-state index in [0.29, 0.717) is 11.7 Å². The molecular formula is C22H41BF3NO4. The van der Waals surface area contributed by atoms with Crippen LogP contribution in [0.5, 0.6) is 0 Å². The number of carboxylic acids is 1. The smallest absolute Gasteiger partial charge is 0.475 e. The van der Waals surface area contributed by atoms with E-state index >= 15 is 0 Å². The van der Waals surface area contributed by atoms with Crippen LogP contribution in [0.2, 0.25) is 5.82 Å². The minimum atomic E-state index is -5.08. The van der Waals surface area contributed by atoms with Crippen LogP contribution in [0.25, 0.3) is 0 Å². The first-order valence-electron chi connectivity index (χ1n) is 11.5. The van der Waals surface area contributed by atoms with Crippen molar-refractivity contribution in [3.05, 3.63) is 0 Å². The summed E-state index contributed by atoms with van der Waals surface area (Å²) in [4.78, 5) is 8.90. The third-order valence-corrected chi connectivity index (χ3v) is 6.82. The van der Waals surface area contributed by atoms with E-state index in [9.17, 15) is 13.2 Å². The fraction of sp³-hybridized carbons (Fsp3) is 0.955. The van der Waals surface area contributed by atoms with Gasteiger partial charge in [0.2, 0.25) is 0 Å². The predicted octanol–water partition coefficient (Wildman–Crippen LogP) is 5.82. The number of hydrogen-bond donors (Lipinski definition) is 2. The molecule has 0 aromatic rings. The molecule has 1 aliphatic carbocycles. The minimum Gasteiger partial charge on any atom is -0.475 e. The Balaban J connectivity index is 0.000000592. The topological polar surface area (TPSA) is 81.8 Å². The summed E-state index contributed by atoms with van der Waals surface area (Å²) in [6, 6.07) is 0.182. The lowest BCUT2D eigenvalue weighted by Gasteiger charge is -2.32. The molecule has 2 aliphatic rings. The summed E-state index contributed by atoms with van der Waals surface area (Å²) in [5, 5.41) is 7.12. The molecule has 2 rings (SSSR count). The molecule has 0 aromatic heterocycles. The molecule has 0 bridgehead atoms. The van der Waals surface area contributed by atoms with E-state index in [2.05, 4.69) is 41.5 Å². The molecule has 9 heteroatoms. The summed E-state index contributed by atoms with van der Waals surface area (Å²) in [7, 11) is -0.160. The largest absolute Gasteiger partial charge is 0.490 e. The van der Waals surface area contributed by atoms with E-state index in [1.165, 1.54) is 38.5 Å². The van der Waals surface area contributed by atoms with Crippen LogP contribution in [-0.2, 0) is 14.1 Å². The molecule has 31 heavy (non-hydrogen) atoms. The van der Waals surface area contributed by atoms with E-state index < -0.39 is 12.1 Å². The highest BCUT2D eigenvalue weighted by atomic mass is 19.4. The Kier molecular flexibility index (Phi) is 10.4. The highest BCUT2D eigenvalue weighted by Gasteiger charge is 2.54. The summed E-state index contributed by atoms with van der Waals surface area (Å²) in [6.07, 6.45) is 5.21. The Labute approximate surface area is 185 Å². The van der Waals surface area contributed by atoms with Gasteiger partial charge in [0, 0.05) is 11.9 Å². The predicted molar refractivity (Wildman–Crippen MR) is 117 cm³/mol. The van der Waals surface area contributed by atoms with Crippen LogP contribution in [0.4, 0.5) is 13.2 Å². The van der Waals surface area contributed by atoms with E-state index in [0.717, 1.165) is 18.8 Å². The Morgan fingerprint density at radius 3 is 1.90 bits per heavy atom. The Morgan fingerprint density at radius 2 is 1.52 bits per heavy atom. The molecule has 2 atom stereocenters. The molecule has 1 heterocycles. The monoisotopic (exact) mass is 451 g/mol. The average Bonchev–Trinajstić information content (AvgIpc) is 2.82. The minimum absolute atomic E-state index is 0.160. The lowest BCUT2D eigenvalue weighted by Crippen LogP contribution is -2.41. The number of carboxylic acid groups (broad SMARTS) is 1. The van der Waals surface area contributed by atoms with Crippen molar-refractivity contribution in [2.75, 3.05) is 0 Å². The molecule has 3 N–H and O–H groups in total. The quantitative estimate of drug-likeness (QED) is 0.477.